The van der Waals surface area contributed by atoms with Crippen LogP contribution in [0.4, 0.5) is 5.95 Å². The average molecular weight is 354 g/mol. The zero-order chi connectivity index (χ0) is 17.5. The number of nitrogens with zero attached hydrogens (tertiary/aromatic N) is 6. The Morgan fingerprint density at radius 2 is 1.96 bits per heavy atom. The molecule has 0 saturated carbocycles. The summed E-state index contributed by atoms with van der Waals surface area (Å²) in [7, 11) is 2.14. The molecule has 26 heavy (non-hydrogen) atoms. The molecular formula is C19H26N6O. The number of anilines is 1. The van der Waals surface area contributed by atoms with Crippen LogP contribution >= 0.6 is 0 Å². The fourth-order valence-electron chi connectivity index (χ4n) is 4.05. The SMILES string of the molecule is CN1CCn2nc(N3CCN(Cc4ccc5c(c4)OCC5)CC3)nc2C1. The summed E-state index contributed by atoms with van der Waals surface area (Å²) in [5.41, 5.74) is 2.69. The maximum absolute atomic E-state index is 5.70. The molecule has 1 fully saturated rings. The molecule has 2 aromatic rings. The Kier molecular flexibility index (Phi) is 4.05. The van der Waals surface area contributed by atoms with Gasteiger partial charge >= 0.3 is 0 Å². The van der Waals surface area contributed by atoms with E-state index in [0.29, 0.717) is 0 Å². The first-order valence-electron chi connectivity index (χ1n) is 9.59. The lowest BCUT2D eigenvalue weighted by Gasteiger charge is -2.34. The number of ether oxygens (including phenoxy) is 1. The van der Waals surface area contributed by atoms with E-state index in [2.05, 4.69) is 44.6 Å². The molecule has 0 unspecified atom stereocenters. The Hall–Kier alpha value is -2.12. The lowest BCUT2D eigenvalue weighted by atomic mass is 10.1. The predicted molar refractivity (Wildman–Crippen MR) is 99.5 cm³/mol. The van der Waals surface area contributed by atoms with Gasteiger partial charge in [0.1, 0.15) is 11.6 Å². The van der Waals surface area contributed by atoms with Crippen LogP contribution < -0.4 is 9.64 Å². The summed E-state index contributed by atoms with van der Waals surface area (Å²) >= 11 is 0. The summed E-state index contributed by atoms with van der Waals surface area (Å²) in [6.45, 7) is 8.77. The van der Waals surface area contributed by atoms with E-state index in [1.807, 2.05) is 0 Å². The second-order valence-electron chi connectivity index (χ2n) is 7.59. The zero-order valence-electron chi connectivity index (χ0n) is 15.4. The van der Waals surface area contributed by atoms with Crippen molar-refractivity contribution in [2.24, 2.45) is 0 Å². The molecule has 1 aromatic heterocycles. The van der Waals surface area contributed by atoms with Gasteiger partial charge in [-0.1, -0.05) is 12.1 Å². The topological polar surface area (TPSA) is 49.7 Å². The van der Waals surface area contributed by atoms with Crippen LogP contribution in [0.3, 0.4) is 0 Å². The molecule has 0 aliphatic carbocycles. The summed E-state index contributed by atoms with van der Waals surface area (Å²) in [5, 5.41) is 4.73. The molecule has 4 heterocycles. The van der Waals surface area contributed by atoms with Crippen molar-refractivity contribution in [3.05, 3.63) is 35.2 Å². The van der Waals surface area contributed by atoms with Crippen LogP contribution in [0.2, 0.25) is 0 Å². The lowest BCUT2D eigenvalue weighted by Crippen LogP contribution is -2.46. The van der Waals surface area contributed by atoms with Crippen LogP contribution in [0, 0.1) is 0 Å². The van der Waals surface area contributed by atoms with E-state index in [9.17, 15) is 0 Å². The van der Waals surface area contributed by atoms with Crippen LogP contribution in [0.15, 0.2) is 18.2 Å². The van der Waals surface area contributed by atoms with E-state index in [1.165, 1.54) is 11.1 Å². The minimum atomic E-state index is 0.828. The summed E-state index contributed by atoms with van der Waals surface area (Å²) in [6.07, 6.45) is 1.05. The van der Waals surface area contributed by atoms with Gasteiger partial charge in [-0.05, 0) is 24.2 Å². The first kappa shape index (κ1) is 16.1. The largest absolute Gasteiger partial charge is 0.493 e. The number of hydrogen-bond acceptors (Lipinski definition) is 6. The quantitative estimate of drug-likeness (QED) is 0.819. The first-order valence-corrected chi connectivity index (χ1v) is 9.59. The molecule has 0 bridgehead atoms. The Morgan fingerprint density at radius 3 is 2.85 bits per heavy atom. The highest BCUT2D eigenvalue weighted by Crippen LogP contribution is 2.27. The summed E-state index contributed by atoms with van der Waals surface area (Å²) in [4.78, 5) is 11.9. The third-order valence-corrected chi connectivity index (χ3v) is 5.66. The van der Waals surface area contributed by atoms with Gasteiger partial charge in [0.25, 0.3) is 0 Å². The molecular weight excluding hydrogens is 328 g/mol. The molecule has 0 spiro atoms. The summed E-state index contributed by atoms with van der Waals surface area (Å²) < 4.78 is 7.78. The molecule has 1 saturated heterocycles. The van der Waals surface area contributed by atoms with Gasteiger partial charge in [0, 0.05) is 45.7 Å². The first-order chi connectivity index (χ1) is 12.7. The molecule has 7 nitrogen and oxygen atoms in total. The van der Waals surface area contributed by atoms with E-state index < -0.39 is 0 Å². The lowest BCUT2D eigenvalue weighted by molar-refractivity contribution is 0.248. The van der Waals surface area contributed by atoms with Crippen LogP contribution in [-0.2, 0) is 26.1 Å². The molecule has 7 heteroatoms. The van der Waals surface area contributed by atoms with E-state index in [0.717, 1.165) is 82.9 Å². The molecule has 1 aromatic carbocycles. The van der Waals surface area contributed by atoms with Gasteiger partial charge in [0.15, 0.2) is 0 Å². The van der Waals surface area contributed by atoms with Crippen molar-refractivity contribution >= 4 is 5.95 Å². The van der Waals surface area contributed by atoms with Crippen LogP contribution in [0.25, 0.3) is 0 Å². The fourth-order valence-corrected chi connectivity index (χ4v) is 4.05. The van der Waals surface area contributed by atoms with Crippen molar-refractivity contribution in [3.8, 4) is 5.75 Å². The van der Waals surface area contributed by atoms with E-state index in [-0.39, 0.29) is 0 Å². The molecule has 0 N–H and O–H groups in total. The fraction of sp³-hybridized carbons (Fsp3) is 0.579. The van der Waals surface area contributed by atoms with E-state index >= 15 is 0 Å². The van der Waals surface area contributed by atoms with Crippen molar-refractivity contribution in [3.63, 3.8) is 0 Å². The second kappa shape index (κ2) is 6.55. The summed E-state index contributed by atoms with van der Waals surface area (Å²) in [5.74, 6) is 3.08. The minimum Gasteiger partial charge on any atom is -0.493 e. The Morgan fingerprint density at radius 1 is 1.08 bits per heavy atom. The molecule has 5 rings (SSSR count). The van der Waals surface area contributed by atoms with Gasteiger partial charge < -0.3 is 9.64 Å². The maximum atomic E-state index is 5.70. The average Bonchev–Trinajstić information content (AvgIpc) is 3.28. The van der Waals surface area contributed by atoms with Crippen molar-refractivity contribution in [1.82, 2.24) is 24.6 Å². The smallest absolute Gasteiger partial charge is 0.245 e. The maximum Gasteiger partial charge on any atom is 0.245 e. The molecule has 3 aliphatic heterocycles. The number of aromatic nitrogens is 3. The Labute approximate surface area is 154 Å². The third kappa shape index (κ3) is 3.05. The van der Waals surface area contributed by atoms with Crippen molar-refractivity contribution in [2.75, 3.05) is 51.3 Å². The normalized spacial score (nSPS) is 20.7. The van der Waals surface area contributed by atoms with Gasteiger partial charge in [-0.15, -0.1) is 5.10 Å². The van der Waals surface area contributed by atoms with Crippen molar-refractivity contribution < 1.29 is 4.74 Å². The number of hydrogen-bond donors (Lipinski definition) is 0. The molecule has 0 atom stereocenters. The highest BCUT2D eigenvalue weighted by Gasteiger charge is 2.24. The molecule has 138 valence electrons. The van der Waals surface area contributed by atoms with Gasteiger partial charge in [-0.2, -0.15) is 4.98 Å². The van der Waals surface area contributed by atoms with Crippen LogP contribution in [0.5, 0.6) is 5.75 Å². The summed E-state index contributed by atoms with van der Waals surface area (Å²) in [6, 6.07) is 6.70. The molecule has 0 amide bonds. The van der Waals surface area contributed by atoms with Gasteiger partial charge in [-0.3, -0.25) is 9.80 Å². The third-order valence-electron chi connectivity index (χ3n) is 5.66. The molecule has 3 aliphatic rings. The molecule has 0 radical (unpaired) electrons. The number of likely N-dealkylation sites (N-methyl/N-ethyl adjacent to an activating group) is 1. The van der Waals surface area contributed by atoms with Crippen LogP contribution in [0.1, 0.15) is 17.0 Å². The number of piperazine rings is 1. The van der Waals surface area contributed by atoms with Crippen molar-refractivity contribution in [2.45, 2.75) is 26.1 Å². The van der Waals surface area contributed by atoms with E-state index in [1.54, 1.807) is 0 Å². The predicted octanol–water partition coefficient (Wildman–Crippen LogP) is 0.981. The van der Waals surface area contributed by atoms with Gasteiger partial charge in [0.05, 0.1) is 19.7 Å². The number of benzene rings is 1. The zero-order valence-corrected chi connectivity index (χ0v) is 15.4. The van der Waals surface area contributed by atoms with Gasteiger partial charge in [-0.25, -0.2) is 4.68 Å². The second-order valence-corrected chi connectivity index (χ2v) is 7.59. The van der Waals surface area contributed by atoms with Gasteiger partial charge in [0.2, 0.25) is 5.95 Å². The monoisotopic (exact) mass is 354 g/mol. The van der Waals surface area contributed by atoms with E-state index in [4.69, 9.17) is 14.8 Å². The number of fused-ring (bicyclic) bond motifs is 2. The minimum absolute atomic E-state index is 0.828. The standard InChI is InChI=1S/C19H26N6O/c1-22-5-10-25-18(14-22)20-19(21-25)24-8-6-23(7-9-24)13-15-2-3-16-4-11-26-17(16)12-15/h2-3,12H,4-11,13-14H2,1H3. The number of rotatable bonds is 3. The highest BCUT2D eigenvalue weighted by atomic mass is 16.5. The van der Waals surface area contributed by atoms with Crippen molar-refractivity contribution in [1.29, 1.82) is 0 Å². The Balaban J connectivity index is 1.20. The van der Waals surface area contributed by atoms with Crippen LogP contribution in [-0.4, -0.2) is 70.9 Å². The Bertz CT molecular complexity index is 795. The highest BCUT2D eigenvalue weighted by molar-refractivity contribution is 5.40.